The lowest BCUT2D eigenvalue weighted by molar-refractivity contribution is -0.112. The quantitative estimate of drug-likeness (QED) is 0.491. The van der Waals surface area contributed by atoms with E-state index >= 15 is 0 Å². The van der Waals surface area contributed by atoms with E-state index in [9.17, 15) is 10.1 Å². The van der Waals surface area contributed by atoms with Gasteiger partial charge in [0.1, 0.15) is 16.6 Å². The minimum atomic E-state index is -0.513. The number of rotatable bonds is 6. The fraction of sp³-hybridized carbons (Fsp3) is 0.158. The van der Waals surface area contributed by atoms with Crippen molar-refractivity contribution in [1.29, 1.82) is 5.26 Å². The second kappa shape index (κ2) is 8.62. The first-order valence-electron chi connectivity index (χ1n) is 8.29. The van der Waals surface area contributed by atoms with Crippen molar-refractivity contribution in [2.45, 2.75) is 19.8 Å². The van der Waals surface area contributed by atoms with Crippen LogP contribution in [0.4, 0.5) is 5.13 Å². The molecule has 2 aromatic heterocycles. The molecule has 3 aromatic rings. The van der Waals surface area contributed by atoms with Gasteiger partial charge in [-0.05, 0) is 48.9 Å². The zero-order chi connectivity index (χ0) is 19.2. The topological polar surface area (TPSA) is 83.6 Å². The van der Waals surface area contributed by atoms with Crippen LogP contribution in [0.1, 0.15) is 24.0 Å². The molecule has 136 valence electrons. The normalized spacial score (nSPS) is 11.2. The van der Waals surface area contributed by atoms with Crippen molar-refractivity contribution in [3.8, 4) is 11.8 Å². The Balaban J connectivity index is 1.82. The monoisotopic (exact) mass is 397 g/mol. The predicted molar refractivity (Wildman–Crippen MR) is 107 cm³/mol. The third-order valence-electron chi connectivity index (χ3n) is 3.69. The molecule has 1 N–H and O–H groups in total. The SMILES string of the molecule is CCCc1nnc(NC(=O)/C(C#N)=C\c2cccn2-c2ccc(Cl)cc2)s1. The summed E-state index contributed by atoms with van der Waals surface area (Å²) in [6.07, 6.45) is 5.15. The van der Waals surface area contributed by atoms with E-state index in [0.717, 1.165) is 23.5 Å². The number of carbonyl (C=O) groups excluding carboxylic acids is 1. The van der Waals surface area contributed by atoms with E-state index in [1.54, 1.807) is 12.1 Å². The molecular weight excluding hydrogens is 382 g/mol. The van der Waals surface area contributed by atoms with Gasteiger partial charge in [0.2, 0.25) is 5.13 Å². The molecule has 1 aromatic carbocycles. The highest BCUT2D eigenvalue weighted by Crippen LogP contribution is 2.20. The van der Waals surface area contributed by atoms with Gasteiger partial charge < -0.3 is 4.57 Å². The lowest BCUT2D eigenvalue weighted by Crippen LogP contribution is -2.13. The van der Waals surface area contributed by atoms with Gasteiger partial charge in [0.05, 0.1) is 0 Å². The standard InChI is InChI=1S/C19H16ClN5OS/c1-2-4-17-23-24-19(27-17)22-18(26)13(12-21)11-16-5-3-10-25(16)15-8-6-14(20)7-9-15/h3,5-11H,2,4H2,1H3,(H,22,24,26)/b13-11-. The van der Waals surface area contributed by atoms with E-state index in [4.69, 9.17) is 11.6 Å². The van der Waals surface area contributed by atoms with Crippen LogP contribution in [-0.2, 0) is 11.2 Å². The van der Waals surface area contributed by atoms with E-state index in [2.05, 4.69) is 15.5 Å². The zero-order valence-corrected chi connectivity index (χ0v) is 16.1. The van der Waals surface area contributed by atoms with E-state index in [1.165, 1.54) is 17.4 Å². The fourth-order valence-corrected chi connectivity index (χ4v) is 3.39. The number of nitrogens with zero attached hydrogens (tertiary/aromatic N) is 4. The Bertz CT molecular complexity index is 1010. The van der Waals surface area contributed by atoms with Crippen molar-refractivity contribution in [3.63, 3.8) is 0 Å². The summed E-state index contributed by atoms with van der Waals surface area (Å²) in [6, 6.07) is 12.9. The average Bonchev–Trinajstić information content (AvgIpc) is 3.30. The minimum Gasteiger partial charge on any atom is -0.317 e. The van der Waals surface area contributed by atoms with E-state index in [1.807, 2.05) is 48.0 Å². The Labute approximate surface area is 165 Å². The van der Waals surface area contributed by atoms with Crippen LogP contribution < -0.4 is 5.32 Å². The van der Waals surface area contributed by atoms with Gasteiger partial charge in [-0.25, -0.2) is 0 Å². The van der Waals surface area contributed by atoms with Crippen molar-refractivity contribution < 1.29 is 4.79 Å². The molecule has 1 amide bonds. The molecule has 0 saturated heterocycles. The molecular formula is C19H16ClN5OS. The predicted octanol–water partition coefficient (Wildman–Crippen LogP) is 4.48. The van der Waals surface area contributed by atoms with Gasteiger partial charge in [0, 0.05) is 29.0 Å². The van der Waals surface area contributed by atoms with E-state index < -0.39 is 5.91 Å². The maximum absolute atomic E-state index is 12.4. The largest absolute Gasteiger partial charge is 0.317 e. The molecule has 0 aliphatic carbocycles. The van der Waals surface area contributed by atoms with Crippen LogP contribution in [0.3, 0.4) is 0 Å². The summed E-state index contributed by atoms with van der Waals surface area (Å²) in [7, 11) is 0. The summed E-state index contributed by atoms with van der Waals surface area (Å²) < 4.78 is 1.87. The molecule has 0 unspecified atom stereocenters. The number of anilines is 1. The maximum Gasteiger partial charge on any atom is 0.268 e. The highest BCUT2D eigenvalue weighted by Gasteiger charge is 2.14. The number of hydrogen-bond donors (Lipinski definition) is 1. The molecule has 0 saturated carbocycles. The Kier molecular flexibility index (Phi) is 6.01. The van der Waals surface area contributed by atoms with Crippen LogP contribution in [0, 0.1) is 11.3 Å². The summed E-state index contributed by atoms with van der Waals surface area (Å²) in [5.74, 6) is -0.513. The van der Waals surface area contributed by atoms with Gasteiger partial charge in [-0.1, -0.05) is 29.9 Å². The number of hydrogen-bond acceptors (Lipinski definition) is 5. The number of nitrogens with one attached hydrogen (secondary N) is 1. The average molecular weight is 398 g/mol. The molecule has 0 bridgehead atoms. The second-order valence-electron chi connectivity index (χ2n) is 5.65. The van der Waals surface area contributed by atoms with Gasteiger partial charge in [0.15, 0.2) is 0 Å². The van der Waals surface area contributed by atoms with Gasteiger partial charge in [0.25, 0.3) is 5.91 Å². The smallest absolute Gasteiger partial charge is 0.268 e. The third kappa shape index (κ3) is 4.61. The lowest BCUT2D eigenvalue weighted by atomic mass is 10.2. The van der Waals surface area contributed by atoms with Crippen LogP contribution in [0.2, 0.25) is 5.02 Å². The molecule has 3 rings (SSSR count). The Hall–Kier alpha value is -2.95. The fourth-order valence-electron chi connectivity index (χ4n) is 2.43. The molecule has 0 aliphatic heterocycles. The Morgan fingerprint density at radius 3 is 2.81 bits per heavy atom. The highest BCUT2D eigenvalue weighted by molar-refractivity contribution is 7.15. The molecule has 0 radical (unpaired) electrons. The number of aryl methyl sites for hydroxylation is 1. The van der Waals surface area contributed by atoms with Crippen molar-refractivity contribution >= 4 is 40.1 Å². The zero-order valence-electron chi connectivity index (χ0n) is 14.5. The van der Waals surface area contributed by atoms with Crippen LogP contribution in [0.15, 0.2) is 48.2 Å². The van der Waals surface area contributed by atoms with Gasteiger partial charge in [-0.15, -0.1) is 10.2 Å². The van der Waals surface area contributed by atoms with Gasteiger partial charge >= 0.3 is 0 Å². The molecule has 0 fully saturated rings. The number of nitriles is 1. The van der Waals surface area contributed by atoms with Crippen LogP contribution in [0.5, 0.6) is 0 Å². The first-order chi connectivity index (χ1) is 13.1. The number of benzene rings is 1. The Morgan fingerprint density at radius 1 is 1.33 bits per heavy atom. The molecule has 27 heavy (non-hydrogen) atoms. The van der Waals surface area contributed by atoms with Crippen molar-refractivity contribution in [2.75, 3.05) is 5.32 Å². The molecule has 0 aliphatic rings. The number of aromatic nitrogens is 3. The number of carbonyl (C=O) groups is 1. The van der Waals surface area contributed by atoms with Crippen molar-refractivity contribution in [1.82, 2.24) is 14.8 Å². The molecule has 8 heteroatoms. The first kappa shape index (κ1) is 18.8. The van der Waals surface area contributed by atoms with Crippen LogP contribution in [-0.4, -0.2) is 20.7 Å². The van der Waals surface area contributed by atoms with Gasteiger partial charge in [-0.3, -0.25) is 10.1 Å². The van der Waals surface area contributed by atoms with Crippen molar-refractivity contribution in [3.05, 3.63) is 63.9 Å². The van der Waals surface area contributed by atoms with Crippen molar-refractivity contribution in [2.24, 2.45) is 0 Å². The van der Waals surface area contributed by atoms with E-state index in [0.29, 0.717) is 15.8 Å². The summed E-state index contributed by atoms with van der Waals surface area (Å²) in [4.78, 5) is 12.4. The van der Waals surface area contributed by atoms with Crippen LogP contribution in [0.25, 0.3) is 11.8 Å². The first-order valence-corrected chi connectivity index (χ1v) is 9.49. The summed E-state index contributed by atoms with van der Waals surface area (Å²) in [6.45, 7) is 2.05. The van der Waals surface area contributed by atoms with E-state index in [-0.39, 0.29) is 5.57 Å². The summed E-state index contributed by atoms with van der Waals surface area (Å²) >= 11 is 7.25. The summed E-state index contributed by atoms with van der Waals surface area (Å²) in [5.41, 5.74) is 1.56. The molecule has 0 atom stereocenters. The van der Waals surface area contributed by atoms with Crippen LogP contribution >= 0.6 is 22.9 Å². The maximum atomic E-state index is 12.4. The molecule has 0 spiro atoms. The molecule has 6 nitrogen and oxygen atoms in total. The second-order valence-corrected chi connectivity index (χ2v) is 7.15. The number of amides is 1. The lowest BCUT2D eigenvalue weighted by Gasteiger charge is -2.07. The van der Waals surface area contributed by atoms with Gasteiger partial charge in [-0.2, -0.15) is 5.26 Å². The third-order valence-corrected chi connectivity index (χ3v) is 4.84. The minimum absolute atomic E-state index is 0.0174. The highest BCUT2D eigenvalue weighted by atomic mass is 35.5. The summed E-state index contributed by atoms with van der Waals surface area (Å²) in [5, 5.41) is 21.9. The molecule has 2 heterocycles. The Morgan fingerprint density at radius 2 is 2.11 bits per heavy atom. The number of halogens is 1.